The molecule has 0 spiro atoms. The molecule has 1 aromatic carbocycles. The number of thiophene rings is 1. The number of methoxy groups -OCH3 is 1. The lowest BCUT2D eigenvalue weighted by atomic mass is 10.0. The van der Waals surface area contributed by atoms with Gasteiger partial charge in [-0.05, 0) is 17.7 Å². The summed E-state index contributed by atoms with van der Waals surface area (Å²) in [5.41, 5.74) is 7.94. The molecule has 24 heavy (non-hydrogen) atoms. The SMILES string of the molecule is COC(=O)c1c(N)sc(CN2CCOCC2)c1-c1ccc(F)cc1. The van der Waals surface area contributed by atoms with Gasteiger partial charge in [0.15, 0.2) is 0 Å². The van der Waals surface area contributed by atoms with Gasteiger partial charge in [0.1, 0.15) is 16.4 Å². The second-order valence-electron chi connectivity index (χ2n) is 5.53. The molecule has 0 radical (unpaired) electrons. The number of hydrogen-bond donors (Lipinski definition) is 1. The number of anilines is 1. The zero-order valence-electron chi connectivity index (χ0n) is 13.4. The Labute approximate surface area is 143 Å². The highest BCUT2D eigenvalue weighted by Gasteiger charge is 2.25. The van der Waals surface area contributed by atoms with Crippen LogP contribution in [0.3, 0.4) is 0 Å². The van der Waals surface area contributed by atoms with E-state index < -0.39 is 5.97 Å². The minimum atomic E-state index is -0.476. The van der Waals surface area contributed by atoms with Gasteiger partial charge in [-0.25, -0.2) is 9.18 Å². The van der Waals surface area contributed by atoms with Crippen LogP contribution in [0.5, 0.6) is 0 Å². The molecule has 5 nitrogen and oxygen atoms in total. The molecule has 1 aliphatic heterocycles. The van der Waals surface area contributed by atoms with Gasteiger partial charge in [-0.1, -0.05) is 12.1 Å². The van der Waals surface area contributed by atoms with Gasteiger partial charge >= 0.3 is 5.97 Å². The first kappa shape index (κ1) is 16.9. The fourth-order valence-electron chi connectivity index (χ4n) is 2.80. The molecule has 1 saturated heterocycles. The van der Waals surface area contributed by atoms with E-state index in [0.717, 1.165) is 29.1 Å². The Bertz CT molecular complexity index is 724. The summed E-state index contributed by atoms with van der Waals surface area (Å²) >= 11 is 1.38. The Kier molecular flexibility index (Phi) is 5.13. The Morgan fingerprint density at radius 3 is 2.62 bits per heavy atom. The highest BCUT2D eigenvalue weighted by atomic mass is 32.1. The fourth-order valence-corrected chi connectivity index (χ4v) is 3.92. The number of morpholine rings is 1. The van der Waals surface area contributed by atoms with Crippen LogP contribution in [0.1, 0.15) is 15.2 Å². The summed E-state index contributed by atoms with van der Waals surface area (Å²) < 4.78 is 23.5. The highest BCUT2D eigenvalue weighted by Crippen LogP contribution is 2.40. The standard InChI is InChI=1S/C17H19FN2O3S/c1-22-17(21)15-14(11-2-4-12(18)5-3-11)13(24-16(15)19)10-20-6-8-23-9-7-20/h2-5H,6-10,19H2,1H3. The molecule has 2 N–H and O–H groups in total. The average molecular weight is 350 g/mol. The Morgan fingerprint density at radius 1 is 1.33 bits per heavy atom. The van der Waals surface area contributed by atoms with Crippen molar-refractivity contribution in [2.45, 2.75) is 6.54 Å². The van der Waals surface area contributed by atoms with Gasteiger partial charge < -0.3 is 15.2 Å². The molecule has 1 aliphatic rings. The summed E-state index contributed by atoms with van der Waals surface area (Å²) in [6.07, 6.45) is 0. The van der Waals surface area contributed by atoms with Crippen molar-refractivity contribution in [3.63, 3.8) is 0 Å². The van der Waals surface area contributed by atoms with Crippen LogP contribution in [0.4, 0.5) is 9.39 Å². The lowest BCUT2D eigenvalue weighted by molar-refractivity contribution is 0.0346. The average Bonchev–Trinajstić information content (AvgIpc) is 2.92. The summed E-state index contributed by atoms with van der Waals surface area (Å²) in [6, 6.07) is 6.07. The Balaban J connectivity index is 2.04. The quantitative estimate of drug-likeness (QED) is 0.859. The van der Waals surface area contributed by atoms with Crippen molar-refractivity contribution < 1.29 is 18.7 Å². The van der Waals surface area contributed by atoms with Gasteiger partial charge in [0.25, 0.3) is 0 Å². The van der Waals surface area contributed by atoms with Crippen LogP contribution >= 0.6 is 11.3 Å². The third-order valence-corrected chi connectivity index (χ3v) is 5.01. The summed E-state index contributed by atoms with van der Waals surface area (Å²) in [4.78, 5) is 15.4. The van der Waals surface area contributed by atoms with Crippen molar-refractivity contribution in [2.24, 2.45) is 0 Å². The van der Waals surface area contributed by atoms with Crippen molar-refractivity contribution in [1.29, 1.82) is 0 Å². The van der Waals surface area contributed by atoms with E-state index in [4.69, 9.17) is 15.2 Å². The molecule has 2 aromatic rings. The summed E-state index contributed by atoms with van der Waals surface area (Å²) in [7, 11) is 1.33. The molecule has 0 aliphatic carbocycles. The number of carbonyl (C=O) groups is 1. The molecule has 0 unspecified atom stereocenters. The molecule has 2 heterocycles. The van der Waals surface area contributed by atoms with Crippen molar-refractivity contribution in [3.8, 4) is 11.1 Å². The van der Waals surface area contributed by atoms with Crippen LogP contribution in [-0.2, 0) is 16.0 Å². The zero-order chi connectivity index (χ0) is 17.1. The van der Waals surface area contributed by atoms with Crippen molar-refractivity contribution in [1.82, 2.24) is 4.90 Å². The van der Waals surface area contributed by atoms with Gasteiger partial charge in [-0.3, -0.25) is 4.90 Å². The topological polar surface area (TPSA) is 64.8 Å². The predicted octanol–water partition coefficient (Wildman–Crippen LogP) is 2.76. The molecule has 0 amide bonds. The van der Waals surface area contributed by atoms with Crippen LogP contribution in [-0.4, -0.2) is 44.3 Å². The number of hydrogen-bond acceptors (Lipinski definition) is 6. The first-order valence-corrected chi connectivity index (χ1v) is 8.47. The van der Waals surface area contributed by atoms with Gasteiger partial charge in [0, 0.05) is 30.1 Å². The van der Waals surface area contributed by atoms with E-state index in [0.29, 0.717) is 30.3 Å². The number of benzene rings is 1. The molecule has 128 valence electrons. The maximum absolute atomic E-state index is 13.3. The van der Waals surface area contributed by atoms with E-state index in [2.05, 4.69) is 4.90 Å². The number of nitrogens with zero attached hydrogens (tertiary/aromatic N) is 1. The first-order chi connectivity index (χ1) is 11.6. The number of esters is 1. The molecule has 7 heteroatoms. The van der Waals surface area contributed by atoms with Gasteiger partial charge in [-0.2, -0.15) is 0 Å². The molecule has 1 aromatic heterocycles. The van der Waals surface area contributed by atoms with Gasteiger partial charge in [0.05, 0.1) is 20.3 Å². The number of ether oxygens (including phenoxy) is 2. The zero-order valence-corrected chi connectivity index (χ0v) is 14.2. The van der Waals surface area contributed by atoms with E-state index in [1.165, 1.54) is 30.6 Å². The molecule has 3 rings (SSSR count). The molecular weight excluding hydrogens is 331 g/mol. The largest absolute Gasteiger partial charge is 0.465 e. The van der Waals surface area contributed by atoms with Crippen molar-refractivity contribution in [3.05, 3.63) is 40.5 Å². The third kappa shape index (κ3) is 3.43. The number of nitrogens with two attached hydrogens (primary N) is 1. The first-order valence-electron chi connectivity index (χ1n) is 7.65. The van der Waals surface area contributed by atoms with Crippen LogP contribution in [0.15, 0.2) is 24.3 Å². The summed E-state index contributed by atoms with van der Waals surface area (Å²) in [5.74, 6) is -0.799. The summed E-state index contributed by atoms with van der Waals surface area (Å²) in [6.45, 7) is 3.71. The van der Waals surface area contributed by atoms with Crippen LogP contribution in [0.2, 0.25) is 0 Å². The molecule has 0 saturated carbocycles. The van der Waals surface area contributed by atoms with Crippen LogP contribution < -0.4 is 5.73 Å². The number of halogens is 1. The van der Waals surface area contributed by atoms with Gasteiger partial charge in [0.2, 0.25) is 0 Å². The summed E-state index contributed by atoms with van der Waals surface area (Å²) in [5, 5.41) is 0.421. The number of carbonyl (C=O) groups excluding carboxylic acids is 1. The van der Waals surface area contributed by atoms with E-state index in [9.17, 15) is 9.18 Å². The maximum Gasteiger partial charge on any atom is 0.341 e. The number of nitrogen functional groups attached to an aromatic ring is 1. The monoisotopic (exact) mass is 350 g/mol. The van der Waals surface area contributed by atoms with E-state index in [-0.39, 0.29) is 5.82 Å². The molecule has 1 fully saturated rings. The van der Waals surface area contributed by atoms with Crippen molar-refractivity contribution >= 4 is 22.3 Å². The van der Waals surface area contributed by atoms with Crippen LogP contribution in [0.25, 0.3) is 11.1 Å². The lowest BCUT2D eigenvalue weighted by Crippen LogP contribution is -2.35. The maximum atomic E-state index is 13.3. The molecular formula is C17H19FN2O3S. The number of rotatable bonds is 4. The fraction of sp³-hybridized carbons (Fsp3) is 0.353. The smallest absolute Gasteiger partial charge is 0.341 e. The molecule has 0 bridgehead atoms. The minimum absolute atomic E-state index is 0.323. The third-order valence-electron chi connectivity index (χ3n) is 4.00. The second kappa shape index (κ2) is 7.29. The Hall–Kier alpha value is -1.96. The molecule has 0 atom stereocenters. The van der Waals surface area contributed by atoms with Crippen molar-refractivity contribution in [2.75, 3.05) is 39.1 Å². The minimum Gasteiger partial charge on any atom is -0.465 e. The van der Waals surface area contributed by atoms with Crippen LogP contribution in [0, 0.1) is 5.82 Å². The van der Waals surface area contributed by atoms with E-state index in [1.54, 1.807) is 12.1 Å². The Morgan fingerprint density at radius 2 is 2.00 bits per heavy atom. The van der Waals surface area contributed by atoms with Gasteiger partial charge in [-0.15, -0.1) is 11.3 Å². The highest BCUT2D eigenvalue weighted by molar-refractivity contribution is 7.17. The normalized spacial score (nSPS) is 15.4. The second-order valence-corrected chi connectivity index (χ2v) is 6.66. The predicted molar refractivity (Wildman–Crippen MR) is 91.6 cm³/mol. The lowest BCUT2D eigenvalue weighted by Gasteiger charge is -2.26. The van der Waals surface area contributed by atoms with E-state index >= 15 is 0 Å². The van der Waals surface area contributed by atoms with E-state index in [1.807, 2.05) is 0 Å².